The largest absolute Gasteiger partial charge is 0.369 e. The number of hydrogen-bond donors (Lipinski definition) is 2. The second-order valence-electron chi connectivity index (χ2n) is 2.23. The van der Waals surface area contributed by atoms with Crippen molar-refractivity contribution >= 4 is 11.5 Å². The normalized spacial score (nSPS) is 9.00. The van der Waals surface area contributed by atoms with Crippen LogP contribution in [0.5, 0.6) is 0 Å². The fraction of sp³-hybridized carbons (Fsp3) is 0.250. The average Bonchev–Trinajstić information content (AvgIpc) is 2.15. The van der Waals surface area contributed by atoms with Crippen molar-refractivity contribution < 1.29 is 0 Å². The Kier molecular flexibility index (Phi) is 3.05. The molecule has 0 amide bonds. The first-order chi connectivity index (χ1) is 5.86. The van der Waals surface area contributed by atoms with Gasteiger partial charge in [0.1, 0.15) is 5.82 Å². The van der Waals surface area contributed by atoms with Crippen LogP contribution in [0.2, 0.25) is 0 Å². The molecule has 0 saturated heterocycles. The molecule has 1 rings (SSSR count). The standard InChI is InChI=1S/C8H10N4/c1-10-7-2-3-8(12-6-7)11-5-4-9/h2-3,6H,4-5,9H2,(H,11,12). The number of pyridine rings is 1. The Morgan fingerprint density at radius 1 is 1.58 bits per heavy atom. The molecule has 0 fully saturated rings. The summed E-state index contributed by atoms with van der Waals surface area (Å²) in [6.07, 6.45) is 1.53. The lowest BCUT2D eigenvalue weighted by molar-refractivity contribution is 1.01. The fourth-order valence-corrected chi connectivity index (χ4v) is 0.757. The molecule has 3 N–H and O–H groups in total. The first-order valence-electron chi connectivity index (χ1n) is 3.64. The number of aromatic nitrogens is 1. The van der Waals surface area contributed by atoms with E-state index in [9.17, 15) is 0 Å². The summed E-state index contributed by atoms with van der Waals surface area (Å²) < 4.78 is 0. The van der Waals surface area contributed by atoms with Crippen LogP contribution in [0.3, 0.4) is 0 Å². The molecular formula is C8H10N4. The van der Waals surface area contributed by atoms with Gasteiger partial charge in [-0.3, -0.25) is 4.98 Å². The van der Waals surface area contributed by atoms with E-state index < -0.39 is 0 Å². The highest BCUT2D eigenvalue weighted by Gasteiger charge is 1.92. The number of hydrogen-bond acceptors (Lipinski definition) is 3. The van der Waals surface area contributed by atoms with Crippen LogP contribution in [0.1, 0.15) is 0 Å². The van der Waals surface area contributed by atoms with Crippen molar-refractivity contribution in [2.75, 3.05) is 18.4 Å². The van der Waals surface area contributed by atoms with E-state index in [1.165, 1.54) is 6.20 Å². The van der Waals surface area contributed by atoms with Gasteiger partial charge in [0.2, 0.25) is 5.69 Å². The molecule has 0 aliphatic carbocycles. The van der Waals surface area contributed by atoms with Gasteiger partial charge in [-0.1, -0.05) is 6.07 Å². The number of rotatable bonds is 3. The van der Waals surface area contributed by atoms with E-state index in [-0.39, 0.29) is 0 Å². The molecule has 0 aromatic carbocycles. The third-order valence-electron chi connectivity index (χ3n) is 1.33. The van der Waals surface area contributed by atoms with Crippen LogP contribution in [-0.2, 0) is 0 Å². The maximum Gasteiger partial charge on any atom is 0.205 e. The first kappa shape index (κ1) is 8.50. The Morgan fingerprint density at radius 3 is 2.92 bits per heavy atom. The molecule has 0 unspecified atom stereocenters. The Bertz CT molecular complexity index is 272. The second-order valence-corrected chi connectivity index (χ2v) is 2.23. The van der Waals surface area contributed by atoms with Crippen LogP contribution in [0.15, 0.2) is 18.3 Å². The van der Waals surface area contributed by atoms with Gasteiger partial charge in [0, 0.05) is 19.3 Å². The topological polar surface area (TPSA) is 55.3 Å². The molecule has 62 valence electrons. The summed E-state index contributed by atoms with van der Waals surface area (Å²) in [6.45, 7) is 7.97. The average molecular weight is 162 g/mol. The van der Waals surface area contributed by atoms with Crippen molar-refractivity contribution in [2.45, 2.75) is 0 Å². The summed E-state index contributed by atoms with van der Waals surface area (Å²) >= 11 is 0. The Labute approximate surface area is 71.2 Å². The molecule has 0 aliphatic heterocycles. The van der Waals surface area contributed by atoms with Crippen LogP contribution in [0.25, 0.3) is 4.85 Å². The summed E-state index contributed by atoms with van der Waals surface area (Å²) in [5.41, 5.74) is 5.84. The molecule has 0 bridgehead atoms. The molecular weight excluding hydrogens is 152 g/mol. The molecule has 1 aromatic heterocycles. The Morgan fingerprint density at radius 2 is 2.42 bits per heavy atom. The van der Waals surface area contributed by atoms with Gasteiger partial charge in [-0.05, 0) is 6.07 Å². The van der Waals surface area contributed by atoms with E-state index in [1.54, 1.807) is 12.1 Å². The monoisotopic (exact) mass is 162 g/mol. The molecule has 0 aliphatic rings. The van der Waals surface area contributed by atoms with E-state index in [0.717, 1.165) is 5.82 Å². The Balaban J connectivity index is 2.60. The summed E-state index contributed by atoms with van der Waals surface area (Å²) in [4.78, 5) is 7.23. The zero-order chi connectivity index (χ0) is 8.81. The summed E-state index contributed by atoms with van der Waals surface area (Å²) in [6, 6.07) is 3.49. The lowest BCUT2D eigenvalue weighted by Gasteiger charge is -2.01. The van der Waals surface area contributed by atoms with Gasteiger partial charge >= 0.3 is 0 Å². The van der Waals surface area contributed by atoms with E-state index in [2.05, 4.69) is 15.1 Å². The van der Waals surface area contributed by atoms with Crippen LogP contribution in [-0.4, -0.2) is 18.1 Å². The van der Waals surface area contributed by atoms with Gasteiger partial charge in [0.05, 0.1) is 6.57 Å². The fourth-order valence-electron chi connectivity index (χ4n) is 0.757. The molecule has 4 nitrogen and oxygen atoms in total. The maximum absolute atomic E-state index is 6.70. The molecule has 0 radical (unpaired) electrons. The van der Waals surface area contributed by atoms with Crippen molar-refractivity contribution in [3.63, 3.8) is 0 Å². The zero-order valence-corrected chi connectivity index (χ0v) is 6.62. The minimum absolute atomic E-state index is 0.549. The highest BCUT2D eigenvalue weighted by Crippen LogP contribution is 2.11. The molecule has 1 heterocycles. The van der Waals surface area contributed by atoms with Gasteiger partial charge in [-0.15, -0.1) is 0 Å². The van der Waals surface area contributed by atoms with Gasteiger partial charge in [0.25, 0.3) is 0 Å². The summed E-state index contributed by atoms with van der Waals surface area (Å²) in [7, 11) is 0. The highest BCUT2D eigenvalue weighted by molar-refractivity contribution is 5.47. The minimum atomic E-state index is 0.549. The second kappa shape index (κ2) is 4.31. The molecule has 12 heavy (non-hydrogen) atoms. The van der Waals surface area contributed by atoms with Crippen molar-refractivity contribution in [1.82, 2.24) is 4.98 Å². The lowest BCUT2D eigenvalue weighted by Crippen LogP contribution is -2.13. The van der Waals surface area contributed by atoms with Crippen LogP contribution in [0, 0.1) is 6.57 Å². The number of nitrogens with zero attached hydrogens (tertiary/aromatic N) is 2. The third kappa shape index (κ3) is 2.22. The molecule has 4 heteroatoms. The minimum Gasteiger partial charge on any atom is -0.369 e. The van der Waals surface area contributed by atoms with E-state index in [4.69, 9.17) is 12.3 Å². The zero-order valence-electron chi connectivity index (χ0n) is 6.62. The van der Waals surface area contributed by atoms with Crippen molar-refractivity contribution in [2.24, 2.45) is 5.73 Å². The van der Waals surface area contributed by atoms with E-state index >= 15 is 0 Å². The van der Waals surface area contributed by atoms with Gasteiger partial charge in [-0.25, -0.2) is 4.85 Å². The summed E-state index contributed by atoms with van der Waals surface area (Å²) in [5, 5.41) is 3.01. The predicted molar refractivity (Wildman–Crippen MR) is 48.0 cm³/mol. The number of nitrogens with one attached hydrogen (secondary N) is 1. The maximum atomic E-state index is 6.70. The SMILES string of the molecule is [C-]#[N+]c1ccc(NCCN)nc1. The molecule has 0 spiro atoms. The van der Waals surface area contributed by atoms with Gasteiger partial charge < -0.3 is 11.1 Å². The van der Waals surface area contributed by atoms with E-state index in [1.807, 2.05) is 0 Å². The number of nitrogens with two attached hydrogens (primary N) is 1. The summed E-state index contributed by atoms with van der Waals surface area (Å²) in [5.74, 6) is 0.757. The van der Waals surface area contributed by atoms with Crippen molar-refractivity contribution in [1.29, 1.82) is 0 Å². The number of anilines is 1. The molecule has 0 atom stereocenters. The van der Waals surface area contributed by atoms with Crippen LogP contribution >= 0.6 is 0 Å². The molecule has 1 aromatic rings. The lowest BCUT2D eigenvalue weighted by atomic mass is 10.4. The molecule has 0 saturated carbocycles. The van der Waals surface area contributed by atoms with Gasteiger partial charge in [0.15, 0.2) is 0 Å². The highest BCUT2D eigenvalue weighted by atomic mass is 15.0. The van der Waals surface area contributed by atoms with E-state index in [0.29, 0.717) is 18.8 Å². The third-order valence-corrected chi connectivity index (χ3v) is 1.33. The Hall–Kier alpha value is -1.60. The van der Waals surface area contributed by atoms with Crippen LogP contribution in [0.4, 0.5) is 11.5 Å². The van der Waals surface area contributed by atoms with Gasteiger partial charge in [-0.2, -0.15) is 0 Å². The van der Waals surface area contributed by atoms with Crippen molar-refractivity contribution in [3.8, 4) is 0 Å². The van der Waals surface area contributed by atoms with Crippen molar-refractivity contribution in [3.05, 3.63) is 29.7 Å². The first-order valence-corrected chi connectivity index (χ1v) is 3.64. The van der Waals surface area contributed by atoms with Crippen LogP contribution < -0.4 is 11.1 Å². The predicted octanol–water partition coefficient (Wildman–Crippen LogP) is 1.00. The quantitative estimate of drug-likeness (QED) is 0.652. The smallest absolute Gasteiger partial charge is 0.205 e.